The van der Waals surface area contributed by atoms with Crippen LogP contribution in [0.15, 0.2) is 133 Å². The van der Waals surface area contributed by atoms with Crippen LogP contribution in [0.4, 0.5) is 4.79 Å². The smallest absolute Gasteiger partial charge is 0.408 e. The molecule has 0 heterocycles. The molecule has 0 bridgehead atoms. The highest BCUT2D eigenvalue weighted by molar-refractivity contribution is 6.04. The van der Waals surface area contributed by atoms with E-state index in [1.165, 1.54) is 57.4 Å². The maximum Gasteiger partial charge on any atom is 0.408 e. The Morgan fingerprint density at radius 2 is 1.04 bits per heavy atom. The number of nitrogens with one attached hydrogen (secondary N) is 1. The van der Waals surface area contributed by atoms with E-state index in [1.807, 2.05) is 97.1 Å². The normalized spacial score (nSPS) is 14.2. The van der Waals surface area contributed by atoms with E-state index in [-0.39, 0.29) is 5.56 Å². The molecule has 0 spiro atoms. The van der Waals surface area contributed by atoms with E-state index in [1.54, 1.807) is 51.1 Å². The molecule has 6 heteroatoms. The maximum atomic E-state index is 14.8. The first kappa shape index (κ1) is 43.2. The summed E-state index contributed by atoms with van der Waals surface area (Å²) in [4.78, 5) is 28.6. The summed E-state index contributed by atoms with van der Waals surface area (Å²) in [5.74, 6) is -0.647. The van der Waals surface area contributed by atoms with Crippen molar-refractivity contribution in [2.75, 3.05) is 0 Å². The third-order valence-corrected chi connectivity index (χ3v) is 10.3. The van der Waals surface area contributed by atoms with Crippen molar-refractivity contribution in [3.63, 3.8) is 0 Å². The molecule has 1 amide bonds. The minimum atomic E-state index is -2.39. The number of carbonyl (C=O) groups excluding carboxylic acids is 2. The molecule has 0 radical (unpaired) electrons. The van der Waals surface area contributed by atoms with Gasteiger partial charge in [-0.15, -0.1) is 0 Å². The fourth-order valence-electron chi connectivity index (χ4n) is 7.56. The second-order valence-corrected chi connectivity index (χ2v) is 15.7. The molecule has 3 atom stereocenters. The number of allylic oxidation sites excluding steroid dienone is 1. The van der Waals surface area contributed by atoms with Crippen molar-refractivity contribution < 1.29 is 24.5 Å². The van der Waals surface area contributed by atoms with Gasteiger partial charge in [0.2, 0.25) is 5.78 Å². The van der Waals surface area contributed by atoms with Crippen molar-refractivity contribution in [3.05, 3.63) is 156 Å². The monoisotopic (exact) mass is 745 g/mol. The number of hydrogen-bond donors (Lipinski definition) is 3. The Labute approximate surface area is 330 Å². The summed E-state index contributed by atoms with van der Waals surface area (Å²) in [6.07, 6.45) is 14.8. The molecule has 3 unspecified atom stereocenters. The van der Waals surface area contributed by atoms with Crippen LogP contribution in [0.5, 0.6) is 0 Å². The highest BCUT2D eigenvalue weighted by atomic mass is 16.6. The average molecular weight is 746 g/mol. The van der Waals surface area contributed by atoms with Crippen LogP contribution in [-0.4, -0.2) is 45.4 Å². The maximum absolute atomic E-state index is 14.8. The summed E-state index contributed by atoms with van der Waals surface area (Å²) >= 11 is 0. The van der Waals surface area contributed by atoms with Gasteiger partial charge in [-0.2, -0.15) is 0 Å². The van der Waals surface area contributed by atoms with Gasteiger partial charge >= 0.3 is 6.09 Å². The number of alkyl carbamates (subject to hydrolysis) is 1. The van der Waals surface area contributed by atoms with Crippen LogP contribution in [0.25, 0.3) is 0 Å². The third-order valence-electron chi connectivity index (χ3n) is 10.3. The molecule has 0 saturated carbocycles. The van der Waals surface area contributed by atoms with Crippen molar-refractivity contribution in [2.45, 2.75) is 134 Å². The molecule has 0 aromatic heterocycles. The van der Waals surface area contributed by atoms with Gasteiger partial charge in [-0.1, -0.05) is 199 Å². The Kier molecular flexibility index (Phi) is 16.9. The van der Waals surface area contributed by atoms with Crippen LogP contribution in [0.3, 0.4) is 0 Å². The second-order valence-electron chi connectivity index (χ2n) is 15.7. The van der Waals surface area contributed by atoms with E-state index in [4.69, 9.17) is 4.74 Å². The topological polar surface area (TPSA) is 95.9 Å². The fraction of sp³-hybridized carbons (Fsp3) is 0.429. The summed E-state index contributed by atoms with van der Waals surface area (Å²) in [6, 6.07) is 35.6. The number of benzene rings is 4. The molecule has 0 saturated heterocycles. The quantitative estimate of drug-likeness (QED) is 0.0322. The van der Waals surface area contributed by atoms with Gasteiger partial charge in [0.25, 0.3) is 0 Å². The van der Waals surface area contributed by atoms with Crippen LogP contribution in [-0.2, 0) is 10.2 Å². The van der Waals surface area contributed by atoms with Crippen LogP contribution in [0.2, 0.25) is 0 Å². The Morgan fingerprint density at radius 3 is 1.45 bits per heavy atom. The Bertz CT molecular complexity index is 1620. The zero-order valence-electron chi connectivity index (χ0n) is 33.5. The molecule has 4 aromatic carbocycles. The van der Waals surface area contributed by atoms with Crippen LogP contribution >= 0.6 is 0 Å². The number of aliphatic hydroxyl groups is 2. The molecule has 55 heavy (non-hydrogen) atoms. The average Bonchev–Trinajstić information content (AvgIpc) is 3.19. The number of aliphatic hydroxyl groups excluding tert-OH is 1. The first-order chi connectivity index (χ1) is 26.5. The van der Waals surface area contributed by atoms with Gasteiger partial charge in [-0.3, -0.25) is 4.79 Å². The fourth-order valence-corrected chi connectivity index (χ4v) is 7.56. The third kappa shape index (κ3) is 12.0. The van der Waals surface area contributed by atoms with E-state index in [0.29, 0.717) is 6.42 Å². The number of amides is 1. The number of unbranched alkanes of at least 4 members (excludes halogenated alkanes) is 11. The molecule has 294 valence electrons. The summed E-state index contributed by atoms with van der Waals surface area (Å²) in [6.45, 7) is 7.48. The van der Waals surface area contributed by atoms with Crippen molar-refractivity contribution in [1.29, 1.82) is 0 Å². The molecule has 0 aliphatic carbocycles. The molecule has 6 nitrogen and oxygen atoms in total. The molecule has 4 aromatic rings. The Morgan fingerprint density at radius 1 is 0.636 bits per heavy atom. The largest absolute Gasteiger partial charge is 0.444 e. The SMILES string of the molecule is CCCCCCCCCCCCCC=CC(O)(C(=O)c1ccccc1)C(NC(=O)OC(C)(C)C)C(O)C(c1ccccc1)(c1ccccc1)c1ccccc1. The first-order valence-corrected chi connectivity index (χ1v) is 20.4. The summed E-state index contributed by atoms with van der Waals surface area (Å²) in [5.41, 5.74) is -2.24. The molecular formula is C49H63NO5. The molecular weight excluding hydrogens is 683 g/mol. The van der Waals surface area contributed by atoms with Gasteiger partial charge in [0.15, 0.2) is 5.60 Å². The van der Waals surface area contributed by atoms with Crippen LogP contribution in [0, 0.1) is 0 Å². The highest BCUT2D eigenvalue weighted by Gasteiger charge is 2.55. The predicted molar refractivity (Wildman–Crippen MR) is 224 cm³/mol. The number of rotatable bonds is 22. The van der Waals surface area contributed by atoms with E-state index in [2.05, 4.69) is 12.2 Å². The summed E-state index contributed by atoms with van der Waals surface area (Å²) in [5, 5.41) is 29.1. The molecule has 0 aliphatic heterocycles. The zero-order chi connectivity index (χ0) is 39.6. The van der Waals surface area contributed by atoms with Gasteiger partial charge in [-0.25, -0.2) is 4.79 Å². The van der Waals surface area contributed by atoms with Crippen molar-refractivity contribution in [2.24, 2.45) is 0 Å². The number of ketones is 1. The first-order valence-electron chi connectivity index (χ1n) is 20.4. The number of ether oxygens (including phenoxy) is 1. The number of Topliss-reactive ketones (excluding diaryl/α,β-unsaturated/α-hetero) is 1. The molecule has 0 aliphatic rings. The minimum absolute atomic E-state index is 0.247. The van der Waals surface area contributed by atoms with Gasteiger partial charge in [0, 0.05) is 5.56 Å². The lowest BCUT2D eigenvalue weighted by atomic mass is 9.61. The number of carbonyl (C=O) groups is 2. The zero-order valence-corrected chi connectivity index (χ0v) is 33.5. The highest BCUT2D eigenvalue weighted by Crippen LogP contribution is 2.45. The van der Waals surface area contributed by atoms with E-state index < -0.39 is 40.6 Å². The van der Waals surface area contributed by atoms with Gasteiger partial charge in [0.05, 0.1) is 17.6 Å². The van der Waals surface area contributed by atoms with Gasteiger partial charge in [-0.05, 0) is 56.4 Å². The lowest BCUT2D eigenvalue weighted by Crippen LogP contribution is -2.66. The van der Waals surface area contributed by atoms with Crippen LogP contribution in [0.1, 0.15) is 132 Å². The van der Waals surface area contributed by atoms with Crippen molar-refractivity contribution in [3.8, 4) is 0 Å². The van der Waals surface area contributed by atoms with E-state index >= 15 is 0 Å². The Hall–Kier alpha value is -4.52. The summed E-state index contributed by atoms with van der Waals surface area (Å²) in [7, 11) is 0. The van der Waals surface area contributed by atoms with E-state index in [9.17, 15) is 19.8 Å². The minimum Gasteiger partial charge on any atom is -0.444 e. The standard InChI is InChI=1S/C49H63NO5/c1-5-6-7-8-9-10-11-12-13-14-15-16-29-38-48(54,44(51)39-30-21-17-22-31-39)43(50-46(53)55-47(2,3)4)45(52)49(40-32-23-18-24-33-40,41-34-25-19-26-35-41)42-36-27-20-28-37-42/h17-38,43,45,52,54H,5-16H2,1-4H3,(H,50,53). The predicted octanol–water partition coefficient (Wildman–Crippen LogP) is 11.1. The van der Waals surface area contributed by atoms with Crippen LogP contribution < -0.4 is 5.32 Å². The van der Waals surface area contributed by atoms with Gasteiger partial charge in [0.1, 0.15) is 5.60 Å². The second kappa shape index (κ2) is 21.5. The van der Waals surface area contributed by atoms with Crippen molar-refractivity contribution in [1.82, 2.24) is 5.32 Å². The molecule has 3 N–H and O–H groups in total. The summed E-state index contributed by atoms with van der Waals surface area (Å²) < 4.78 is 5.74. The van der Waals surface area contributed by atoms with E-state index in [0.717, 1.165) is 36.0 Å². The Balaban J connectivity index is 1.77. The number of hydrogen-bond acceptors (Lipinski definition) is 5. The lowest BCUT2D eigenvalue weighted by Gasteiger charge is -2.47. The molecule has 0 fully saturated rings. The van der Waals surface area contributed by atoms with Crippen molar-refractivity contribution >= 4 is 11.9 Å². The lowest BCUT2D eigenvalue weighted by molar-refractivity contribution is -0.0241. The van der Waals surface area contributed by atoms with Gasteiger partial charge < -0.3 is 20.3 Å². The molecule has 4 rings (SSSR count).